The summed E-state index contributed by atoms with van der Waals surface area (Å²) >= 11 is 0. The van der Waals surface area contributed by atoms with Crippen molar-refractivity contribution in [2.24, 2.45) is 0 Å². The highest BCUT2D eigenvalue weighted by molar-refractivity contribution is 7.56. The molecule has 0 aliphatic carbocycles. The standard InChI is InChI=1S/C11H15N2O4P/c1-7-3-8(2)5-9(4-7)13-11(14)10(6-12-13)18(15,16)17/h3-5,12,14H,6H2,1-2H3,(H2,15,16,17). The summed E-state index contributed by atoms with van der Waals surface area (Å²) in [5, 5.41) is 10.9. The van der Waals surface area contributed by atoms with Gasteiger partial charge in [-0.25, -0.2) is 10.4 Å². The van der Waals surface area contributed by atoms with Crippen LogP contribution in [0, 0.1) is 13.8 Å². The molecule has 0 spiro atoms. The lowest BCUT2D eigenvalue weighted by atomic mass is 10.1. The number of nitrogens with one attached hydrogen (secondary N) is 1. The molecule has 2 rings (SSSR count). The van der Waals surface area contributed by atoms with Crippen LogP contribution in [0.15, 0.2) is 29.4 Å². The average molecular weight is 270 g/mol. The molecule has 0 aromatic heterocycles. The Morgan fingerprint density at radius 3 is 2.22 bits per heavy atom. The largest absolute Gasteiger partial charge is 0.493 e. The zero-order valence-electron chi connectivity index (χ0n) is 10.1. The maximum atomic E-state index is 11.2. The van der Waals surface area contributed by atoms with Crippen molar-refractivity contribution in [2.45, 2.75) is 13.8 Å². The minimum Gasteiger partial charge on any atom is -0.493 e. The number of aliphatic hydroxyl groups excluding tert-OH is 1. The third-order valence-corrected chi connectivity index (χ3v) is 3.75. The van der Waals surface area contributed by atoms with E-state index in [2.05, 4.69) is 5.43 Å². The van der Waals surface area contributed by atoms with Gasteiger partial charge in [-0.3, -0.25) is 4.57 Å². The number of hydrazine groups is 1. The second-order valence-electron chi connectivity index (χ2n) is 4.33. The van der Waals surface area contributed by atoms with Crippen LogP contribution in [0.4, 0.5) is 5.69 Å². The van der Waals surface area contributed by atoms with Gasteiger partial charge in [0, 0.05) is 0 Å². The summed E-state index contributed by atoms with van der Waals surface area (Å²) in [4.78, 5) is 18.2. The summed E-state index contributed by atoms with van der Waals surface area (Å²) in [7, 11) is -4.43. The van der Waals surface area contributed by atoms with Crippen LogP contribution in [-0.4, -0.2) is 21.4 Å². The molecule has 0 atom stereocenters. The molecule has 1 aromatic rings. The summed E-state index contributed by atoms with van der Waals surface area (Å²) in [5.74, 6) is -0.423. The number of aliphatic hydroxyl groups is 1. The Bertz CT molecular complexity index is 544. The number of benzene rings is 1. The summed E-state index contributed by atoms with van der Waals surface area (Å²) in [5.41, 5.74) is 5.41. The summed E-state index contributed by atoms with van der Waals surface area (Å²) in [6.45, 7) is 3.76. The molecule has 98 valence electrons. The Labute approximate surface area is 105 Å². The molecule has 18 heavy (non-hydrogen) atoms. The fraction of sp³-hybridized carbons (Fsp3) is 0.273. The lowest BCUT2D eigenvalue weighted by Gasteiger charge is -2.19. The normalized spacial score (nSPS) is 16.6. The Morgan fingerprint density at radius 1 is 1.22 bits per heavy atom. The first kappa shape index (κ1) is 13.1. The van der Waals surface area contributed by atoms with E-state index in [0.29, 0.717) is 5.69 Å². The van der Waals surface area contributed by atoms with Gasteiger partial charge in [-0.1, -0.05) is 6.07 Å². The summed E-state index contributed by atoms with van der Waals surface area (Å²) in [6.07, 6.45) is 0. The second kappa shape index (κ2) is 4.40. The lowest BCUT2D eigenvalue weighted by molar-refractivity contribution is 0.368. The topological polar surface area (TPSA) is 93.0 Å². The van der Waals surface area contributed by atoms with E-state index in [1.807, 2.05) is 32.0 Å². The molecule has 0 amide bonds. The van der Waals surface area contributed by atoms with E-state index in [4.69, 9.17) is 9.79 Å². The van der Waals surface area contributed by atoms with Gasteiger partial charge in [0.15, 0.2) is 0 Å². The van der Waals surface area contributed by atoms with Crippen molar-refractivity contribution in [3.63, 3.8) is 0 Å². The van der Waals surface area contributed by atoms with E-state index in [1.165, 1.54) is 5.01 Å². The van der Waals surface area contributed by atoms with E-state index in [1.54, 1.807) is 0 Å². The molecule has 0 bridgehead atoms. The monoisotopic (exact) mass is 270 g/mol. The van der Waals surface area contributed by atoms with Crippen LogP contribution in [0.3, 0.4) is 0 Å². The highest BCUT2D eigenvalue weighted by Gasteiger charge is 2.34. The van der Waals surface area contributed by atoms with Gasteiger partial charge >= 0.3 is 7.60 Å². The molecule has 0 unspecified atom stereocenters. The number of nitrogens with zero attached hydrogens (tertiary/aromatic N) is 1. The van der Waals surface area contributed by atoms with E-state index in [0.717, 1.165) is 11.1 Å². The third-order valence-electron chi connectivity index (χ3n) is 2.69. The summed E-state index contributed by atoms with van der Waals surface area (Å²) in [6, 6.07) is 5.61. The van der Waals surface area contributed by atoms with Crippen LogP contribution in [0.5, 0.6) is 0 Å². The van der Waals surface area contributed by atoms with Gasteiger partial charge in [-0.05, 0) is 37.1 Å². The minimum atomic E-state index is -4.43. The molecule has 1 aromatic carbocycles. The van der Waals surface area contributed by atoms with Crippen molar-refractivity contribution in [3.8, 4) is 0 Å². The van der Waals surface area contributed by atoms with Gasteiger partial charge in [0.2, 0.25) is 5.88 Å². The highest BCUT2D eigenvalue weighted by Crippen LogP contribution is 2.48. The van der Waals surface area contributed by atoms with Crippen LogP contribution in [0.25, 0.3) is 0 Å². The zero-order chi connectivity index (χ0) is 13.5. The molecular weight excluding hydrogens is 255 g/mol. The molecular formula is C11H15N2O4P. The van der Waals surface area contributed by atoms with Crippen LogP contribution in [0.2, 0.25) is 0 Å². The SMILES string of the molecule is Cc1cc(C)cc(N2NCC(P(=O)(O)O)=C2O)c1. The summed E-state index contributed by atoms with van der Waals surface area (Å²) < 4.78 is 11.2. The van der Waals surface area contributed by atoms with Crippen molar-refractivity contribution < 1.29 is 19.5 Å². The quantitative estimate of drug-likeness (QED) is 0.609. The molecule has 0 saturated carbocycles. The van der Waals surface area contributed by atoms with E-state index in [-0.39, 0.29) is 11.9 Å². The van der Waals surface area contributed by atoms with Gasteiger partial charge in [0.25, 0.3) is 0 Å². The molecule has 4 N–H and O–H groups in total. The highest BCUT2D eigenvalue weighted by atomic mass is 31.2. The molecule has 0 saturated heterocycles. The molecule has 1 aliphatic heterocycles. The Balaban J connectivity index is 2.42. The number of hydrogen-bond donors (Lipinski definition) is 4. The van der Waals surface area contributed by atoms with Crippen molar-refractivity contribution >= 4 is 13.3 Å². The van der Waals surface area contributed by atoms with Crippen LogP contribution < -0.4 is 10.4 Å². The fourth-order valence-electron chi connectivity index (χ4n) is 1.96. The molecule has 1 aliphatic rings. The maximum Gasteiger partial charge on any atom is 0.359 e. The van der Waals surface area contributed by atoms with Gasteiger partial charge in [-0.2, -0.15) is 0 Å². The predicted octanol–water partition coefficient (Wildman–Crippen LogP) is 1.53. The minimum absolute atomic E-state index is 0.0664. The molecule has 0 fully saturated rings. The lowest BCUT2D eigenvalue weighted by Crippen LogP contribution is -2.31. The smallest absolute Gasteiger partial charge is 0.359 e. The Kier molecular flexibility index (Phi) is 3.21. The number of hydrogen-bond acceptors (Lipinski definition) is 4. The molecule has 6 nitrogen and oxygen atoms in total. The third kappa shape index (κ3) is 2.42. The maximum absolute atomic E-state index is 11.2. The van der Waals surface area contributed by atoms with Crippen molar-refractivity contribution in [2.75, 3.05) is 11.6 Å². The van der Waals surface area contributed by atoms with Gasteiger partial charge < -0.3 is 14.9 Å². The average Bonchev–Trinajstić information content (AvgIpc) is 2.57. The first-order valence-electron chi connectivity index (χ1n) is 5.39. The van der Waals surface area contributed by atoms with Gasteiger partial charge in [0.05, 0.1) is 12.2 Å². The van der Waals surface area contributed by atoms with E-state index in [9.17, 15) is 9.67 Å². The van der Waals surface area contributed by atoms with Crippen LogP contribution in [0.1, 0.15) is 11.1 Å². The number of rotatable bonds is 2. The molecule has 7 heteroatoms. The van der Waals surface area contributed by atoms with Crippen molar-refractivity contribution in [1.82, 2.24) is 5.43 Å². The fourth-order valence-corrected chi connectivity index (χ4v) is 2.60. The first-order chi connectivity index (χ1) is 8.29. The first-order valence-corrected chi connectivity index (χ1v) is 7.00. The van der Waals surface area contributed by atoms with E-state index < -0.39 is 13.5 Å². The van der Waals surface area contributed by atoms with E-state index >= 15 is 0 Å². The van der Waals surface area contributed by atoms with Crippen molar-refractivity contribution in [1.29, 1.82) is 0 Å². The molecule has 0 radical (unpaired) electrons. The second-order valence-corrected chi connectivity index (χ2v) is 5.96. The van der Waals surface area contributed by atoms with Crippen LogP contribution in [-0.2, 0) is 4.57 Å². The Hall–Kier alpha value is -1.33. The number of anilines is 1. The number of aryl methyl sites for hydroxylation is 2. The Morgan fingerprint density at radius 2 is 1.78 bits per heavy atom. The van der Waals surface area contributed by atoms with Gasteiger partial charge in [-0.15, -0.1) is 0 Å². The predicted molar refractivity (Wildman–Crippen MR) is 68.1 cm³/mol. The van der Waals surface area contributed by atoms with Crippen molar-refractivity contribution in [3.05, 3.63) is 40.5 Å². The van der Waals surface area contributed by atoms with Gasteiger partial charge in [0.1, 0.15) is 5.31 Å². The van der Waals surface area contributed by atoms with Crippen LogP contribution >= 0.6 is 7.60 Å². The zero-order valence-corrected chi connectivity index (χ0v) is 11.0. The molecule has 1 heterocycles.